The maximum absolute atomic E-state index is 13.7. The number of allylic oxidation sites excluding steroid dienone is 2. The minimum atomic E-state index is -1.41. The quantitative estimate of drug-likeness (QED) is 0.408. The van der Waals surface area contributed by atoms with E-state index in [0.717, 1.165) is 11.1 Å². The highest BCUT2D eigenvalue weighted by Gasteiger charge is 2.75. The van der Waals surface area contributed by atoms with E-state index in [1.807, 2.05) is 6.07 Å². The van der Waals surface area contributed by atoms with Crippen molar-refractivity contribution < 1.29 is 28.9 Å². The lowest BCUT2D eigenvalue weighted by Crippen LogP contribution is -2.78. The molecule has 1 aliphatic heterocycles. The molecule has 6 nitrogen and oxygen atoms in total. The lowest BCUT2D eigenvalue weighted by atomic mass is 9.42. The van der Waals surface area contributed by atoms with Gasteiger partial charge in [0.2, 0.25) is 0 Å². The molecule has 1 saturated heterocycles. The van der Waals surface area contributed by atoms with E-state index < -0.39 is 46.0 Å². The minimum Gasteiger partial charge on any atom is -0.455 e. The summed E-state index contributed by atoms with van der Waals surface area (Å²) in [4.78, 5) is 26.3. The Kier molecular flexibility index (Phi) is 6.27. The Labute approximate surface area is 226 Å². The van der Waals surface area contributed by atoms with Crippen LogP contribution in [0.2, 0.25) is 0 Å². The monoisotopic (exact) mass is 522 g/mol. The summed E-state index contributed by atoms with van der Waals surface area (Å²) in [5.41, 5.74) is 0.0968. The standard InChI is InChI=1S/C32H42O6/c1-18-14-15-32(35)27(37-28(34)23-12-10-9-11-13-23)26-30(8,21(4)20(3)25(18)29(32,6)7)19(2)16-24-31(26,17-36-24)38-22(5)33/h9-13,19-20,24,26-27,35H,4,14-17H2,1-3,5-8H3/t19-,20?,24+,26-,27-,30-,31-,32+/m0/s1. The van der Waals surface area contributed by atoms with Gasteiger partial charge in [-0.05, 0) is 50.2 Å². The fourth-order valence-electron chi connectivity index (χ4n) is 8.66. The van der Waals surface area contributed by atoms with Crippen molar-refractivity contribution in [3.63, 3.8) is 0 Å². The molecule has 38 heavy (non-hydrogen) atoms. The second-order valence-corrected chi connectivity index (χ2v) is 12.9. The summed E-state index contributed by atoms with van der Waals surface area (Å²) in [7, 11) is 0. The van der Waals surface area contributed by atoms with Gasteiger partial charge in [0.05, 0.1) is 18.1 Å². The predicted molar refractivity (Wildman–Crippen MR) is 144 cm³/mol. The number of hydrogen-bond donors (Lipinski definition) is 1. The summed E-state index contributed by atoms with van der Waals surface area (Å²) >= 11 is 0. The molecule has 4 aliphatic rings. The fraction of sp³-hybridized carbons (Fsp3) is 0.625. The molecule has 206 valence electrons. The zero-order valence-electron chi connectivity index (χ0n) is 23.8. The Balaban J connectivity index is 1.79. The van der Waals surface area contributed by atoms with Gasteiger partial charge in [-0.3, -0.25) is 4.79 Å². The van der Waals surface area contributed by atoms with Crippen molar-refractivity contribution in [3.05, 3.63) is 59.2 Å². The molecule has 1 heterocycles. The predicted octanol–water partition coefficient (Wildman–Crippen LogP) is 5.65. The third-order valence-corrected chi connectivity index (χ3v) is 10.9. The Bertz CT molecular complexity index is 1200. The molecule has 3 aliphatic carbocycles. The summed E-state index contributed by atoms with van der Waals surface area (Å²) in [6.45, 7) is 19.1. The van der Waals surface area contributed by atoms with Crippen molar-refractivity contribution in [3.8, 4) is 0 Å². The van der Waals surface area contributed by atoms with Crippen LogP contribution in [0.4, 0.5) is 0 Å². The summed E-state index contributed by atoms with van der Waals surface area (Å²) in [5, 5.41) is 12.9. The van der Waals surface area contributed by atoms with E-state index in [-0.39, 0.29) is 24.5 Å². The minimum absolute atomic E-state index is 0.00975. The van der Waals surface area contributed by atoms with Crippen molar-refractivity contribution in [2.24, 2.45) is 28.6 Å². The molecule has 3 fully saturated rings. The fourth-order valence-corrected chi connectivity index (χ4v) is 8.66. The Hall–Kier alpha value is -2.44. The lowest BCUT2D eigenvalue weighted by Gasteiger charge is -2.69. The molecule has 1 unspecified atom stereocenters. The Morgan fingerprint density at radius 1 is 1.13 bits per heavy atom. The average Bonchev–Trinajstić information content (AvgIpc) is 2.85. The van der Waals surface area contributed by atoms with Crippen LogP contribution in [0, 0.1) is 28.6 Å². The number of carbonyl (C=O) groups excluding carboxylic acids is 2. The van der Waals surface area contributed by atoms with Gasteiger partial charge in [0.1, 0.15) is 17.8 Å². The molecule has 0 amide bonds. The van der Waals surface area contributed by atoms with Crippen molar-refractivity contribution in [2.75, 3.05) is 6.61 Å². The van der Waals surface area contributed by atoms with E-state index in [4.69, 9.17) is 20.8 Å². The lowest BCUT2D eigenvalue weighted by molar-refractivity contribution is -0.339. The van der Waals surface area contributed by atoms with Crippen molar-refractivity contribution in [2.45, 2.75) is 91.1 Å². The number of aliphatic hydroxyl groups is 1. The molecule has 1 N–H and O–H groups in total. The van der Waals surface area contributed by atoms with Gasteiger partial charge in [0, 0.05) is 17.8 Å². The number of esters is 2. The van der Waals surface area contributed by atoms with E-state index in [0.29, 0.717) is 24.8 Å². The maximum Gasteiger partial charge on any atom is 0.338 e. The zero-order chi connectivity index (χ0) is 27.8. The van der Waals surface area contributed by atoms with Crippen molar-refractivity contribution in [1.82, 2.24) is 0 Å². The number of carbonyl (C=O) groups is 2. The van der Waals surface area contributed by atoms with E-state index in [2.05, 4.69) is 41.5 Å². The van der Waals surface area contributed by atoms with E-state index in [1.54, 1.807) is 24.3 Å². The highest BCUT2D eigenvalue weighted by Crippen LogP contribution is 2.68. The second-order valence-electron chi connectivity index (χ2n) is 12.9. The molecule has 1 aromatic carbocycles. The van der Waals surface area contributed by atoms with Crippen LogP contribution in [0.25, 0.3) is 0 Å². The third kappa shape index (κ3) is 3.45. The maximum atomic E-state index is 13.7. The summed E-state index contributed by atoms with van der Waals surface area (Å²) < 4.78 is 18.8. The molecule has 0 spiro atoms. The molecule has 5 rings (SSSR count). The van der Waals surface area contributed by atoms with Gasteiger partial charge in [-0.2, -0.15) is 0 Å². The van der Waals surface area contributed by atoms with Crippen LogP contribution in [-0.2, 0) is 19.0 Å². The topological polar surface area (TPSA) is 82.1 Å². The highest BCUT2D eigenvalue weighted by atomic mass is 16.6. The van der Waals surface area contributed by atoms with Gasteiger partial charge in [-0.1, -0.05) is 76.1 Å². The molecular formula is C32H42O6. The van der Waals surface area contributed by atoms with Gasteiger partial charge in [-0.15, -0.1) is 0 Å². The smallest absolute Gasteiger partial charge is 0.338 e. The van der Waals surface area contributed by atoms with Gasteiger partial charge < -0.3 is 19.3 Å². The first kappa shape index (κ1) is 27.1. The number of rotatable bonds is 3. The molecule has 0 radical (unpaired) electrons. The van der Waals surface area contributed by atoms with Gasteiger partial charge in [0.25, 0.3) is 0 Å². The zero-order valence-corrected chi connectivity index (χ0v) is 23.8. The normalized spacial score (nSPS) is 41.6. The van der Waals surface area contributed by atoms with Crippen LogP contribution >= 0.6 is 0 Å². The van der Waals surface area contributed by atoms with Crippen LogP contribution in [0.3, 0.4) is 0 Å². The largest absolute Gasteiger partial charge is 0.455 e. The Morgan fingerprint density at radius 3 is 2.37 bits per heavy atom. The van der Waals surface area contributed by atoms with Crippen LogP contribution < -0.4 is 0 Å². The first-order valence-corrected chi connectivity index (χ1v) is 13.9. The highest BCUT2D eigenvalue weighted by molar-refractivity contribution is 5.89. The molecule has 6 heteroatoms. The number of hydrogen-bond acceptors (Lipinski definition) is 6. The number of benzene rings is 1. The Morgan fingerprint density at radius 2 is 1.79 bits per heavy atom. The van der Waals surface area contributed by atoms with Crippen LogP contribution in [0.15, 0.2) is 53.6 Å². The van der Waals surface area contributed by atoms with Gasteiger partial charge in [-0.25, -0.2) is 4.79 Å². The molecule has 2 bridgehead atoms. The second kappa shape index (κ2) is 8.79. The first-order chi connectivity index (χ1) is 17.7. The van der Waals surface area contributed by atoms with E-state index >= 15 is 0 Å². The summed E-state index contributed by atoms with van der Waals surface area (Å²) in [5.74, 6) is -1.38. The van der Waals surface area contributed by atoms with Crippen LogP contribution in [-0.4, -0.2) is 47.1 Å². The molecule has 2 saturated carbocycles. The SMILES string of the molecule is C=C1C(C)C2=C(C)CC[C@@](O)([C@@H](OC(=O)c3ccccc3)[C@@H]3[C@]4(OC(C)=O)CO[C@@H]4C[C@H](C)[C@@]13C)C2(C)C. The number of ether oxygens (including phenoxy) is 3. The summed E-state index contributed by atoms with van der Waals surface area (Å²) in [6, 6.07) is 8.88. The van der Waals surface area contributed by atoms with Crippen LogP contribution in [0.1, 0.15) is 78.1 Å². The van der Waals surface area contributed by atoms with Gasteiger partial charge in [0.15, 0.2) is 5.60 Å². The first-order valence-electron chi connectivity index (χ1n) is 13.9. The number of fused-ring (bicyclic) bond motifs is 5. The van der Waals surface area contributed by atoms with Crippen molar-refractivity contribution >= 4 is 11.9 Å². The average molecular weight is 523 g/mol. The van der Waals surface area contributed by atoms with E-state index in [9.17, 15) is 14.7 Å². The molecular weight excluding hydrogens is 480 g/mol. The molecule has 1 aromatic rings. The van der Waals surface area contributed by atoms with Crippen LogP contribution in [0.5, 0.6) is 0 Å². The third-order valence-electron chi connectivity index (χ3n) is 10.9. The molecule has 0 aromatic heterocycles. The molecule has 8 atom stereocenters. The summed E-state index contributed by atoms with van der Waals surface area (Å²) in [6.07, 6.45) is 0.504. The van der Waals surface area contributed by atoms with Gasteiger partial charge >= 0.3 is 11.9 Å². The van der Waals surface area contributed by atoms with E-state index in [1.165, 1.54) is 12.5 Å². The van der Waals surface area contributed by atoms with Crippen molar-refractivity contribution in [1.29, 1.82) is 0 Å².